The third-order valence-corrected chi connectivity index (χ3v) is 2.63. The van der Waals surface area contributed by atoms with Crippen LogP contribution in [-0.4, -0.2) is 22.6 Å². The lowest BCUT2D eigenvalue weighted by atomic mass is 10.00. The fourth-order valence-electron chi connectivity index (χ4n) is 1.54. The summed E-state index contributed by atoms with van der Waals surface area (Å²) in [7, 11) is 0. The topological polar surface area (TPSA) is 63.6 Å². The van der Waals surface area contributed by atoms with Gasteiger partial charge in [0.1, 0.15) is 5.60 Å². The number of carboxylic acid groups (broad SMARTS) is 1. The molecule has 0 spiro atoms. The van der Waals surface area contributed by atoms with Gasteiger partial charge >= 0.3 is 11.9 Å². The average Bonchev–Trinajstić information content (AvgIpc) is 2.34. The minimum Gasteiger partial charge on any atom is -0.481 e. The summed E-state index contributed by atoms with van der Waals surface area (Å²) >= 11 is 0. The van der Waals surface area contributed by atoms with Gasteiger partial charge in [0.2, 0.25) is 0 Å². The molecule has 0 amide bonds. The Balaban J connectivity index is 2.71. The van der Waals surface area contributed by atoms with E-state index in [1.807, 2.05) is 0 Å². The van der Waals surface area contributed by atoms with Crippen LogP contribution in [0.25, 0.3) is 6.08 Å². The molecule has 108 valence electrons. The molecule has 0 saturated heterocycles. The summed E-state index contributed by atoms with van der Waals surface area (Å²) in [5.74, 6) is -1.80. The number of hydrogen-bond acceptors (Lipinski definition) is 3. The molecule has 0 bridgehead atoms. The Morgan fingerprint density at radius 1 is 1.20 bits per heavy atom. The van der Waals surface area contributed by atoms with Crippen LogP contribution in [-0.2, 0) is 14.3 Å². The molecular formula is C16H20O4. The largest absolute Gasteiger partial charge is 0.481 e. The van der Waals surface area contributed by atoms with Crippen LogP contribution in [0, 0.1) is 0 Å². The van der Waals surface area contributed by atoms with E-state index in [-0.39, 0.29) is 0 Å². The van der Waals surface area contributed by atoms with Gasteiger partial charge in [0, 0.05) is 6.08 Å². The van der Waals surface area contributed by atoms with Crippen molar-refractivity contribution in [2.75, 3.05) is 0 Å². The highest BCUT2D eigenvalue weighted by molar-refractivity contribution is 5.87. The van der Waals surface area contributed by atoms with E-state index in [1.165, 1.54) is 6.08 Å². The Kier molecular flexibility index (Phi) is 5.08. The maximum Gasteiger partial charge on any atom is 0.331 e. The highest BCUT2D eigenvalue weighted by Gasteiger charge is 2.14. The van der Waals surface area contributed by atoms with Gasteiger partial charge in [-0.15, -0.1) is 0 Å². The number of ether oxygens (including phenoxy) is 1. The zero-order valence-corrected chi connectivity index (χ0v) is 12.2. The minimum atomic E-state index is -0.859. The molecule has 0 heterocycles. The zero-order chi connectivity index (χ0) is 15.3. The first-order valence-electron chi connectivity index (χ1n) is 6.43. The predicted octanol–water partition coefficient (Wildman–Crippen LogP) is 3.23. The number of aliphatic carboxylic acids is 1. The molecule has 0 fully saturated rings. The summed E-state index contributed by atoms with van der Waals surface area (Å²) < 4.78 is 5.15. The SMILES string of the molecule is C[C@H](C(=O)O)c1ccc(/C=C/C(=O)OC(C)(C)C)cc1. The highest BCUT2D eigenvalue weighted by Crippen LogP contribution is 2.16. The number of carboxylic acids is 1. The third-order valence-electron chi connectivity index (χ3n) is 2.63. The normalized spacial score (nSPS) is 13.2. The third kappa shape index (κ3) is 5.26. The number of benzene rings is 1. The summed E-state index contributed by atoms with van der Waals surface area (Å²) in [6.07, 6.45) is 3.00. The first-order valence-corrected chi connectivity index (χ1v) is 6.43. The summed E-state index contributed by atoms with van der Waals surface area (Å²) in [6.45, 7) is 7.05. The fraction of sp³-hybridized carbons (Fsp3) is 0.375. The quantitative estimate of drug-likeness (QED) is 0.677. The maximum atomic E-state index is 11.5. The van der Waals surface area contributed by atoms with Crippen LogP contribution in [0.15, 0.2) is 30.3 Å². The van der Waals surface area contributed by atoms with Gasteiger partial charge in [-0.05, 0) is 44.9 Å². The summed E-state index contributed by atoms with van der Waals surface area (Å²) in [6, 6.07) is 7.03. The van der Waals surface area contributed by atoms with Crippen molar-refractivity contribution in [1.29, 1.82) is 0 Å². The monoisotopic (exact) mass is 276 g/mol. The second-order valence-corrected chi connectivity index (χ2v) is 5.59. The maximum absolute atomic E-state index is 11.5. The Morgan fingerprint density at radius 2 is 1.75 bits per heavy atom. The van der Waals surface area contributed by atoms with E-state index in [0.29, 0.717) is 0 Å². The Morgan fingerprint density at radius 3 is 2.20 bits per heavy atom. The lowest BCUT2D eigenvalue weighted by Gasteiger charge is -2.17. The number of esters is 1. The number of hydrogen-bond donors (Lipinski definition) is 1. The fourth-order valence-corrected chi connectivity index (χ4v) is 1.54. The lowest BCUT2D eigenvalue weighted by molar-refractivity contribution is -0.148. The van der Waals surface area contributed by atoms with Crippen molar-refractivity contribution in [3.63, 3.8) is 0 Å². The van der Waals surface area contributed by atoms with E-state index in [9.17, 15) is 9.59 Å². The molecule has 1 N–H and O–H groups in total. The molecular weight excluding hydrogens is 256 g/mol. The van der Waals surface area contributed by atoms with Crippen molar-refractivity contribution in [2.45, 2.75) is 39.2 Å². The smallest absolute Gasteiger partial charge is 0.331 e. The molecule has 1 rings (SSSR count). The Bertz CT molecular complexity index is 506. The van der Waals surface area contributed by atoms with Gasteiger partial charge in [-0.25, -0.2) is 4.79 Å². The molecule has 0 unspecified atom stereocenters. The molecule has 20 heavy (non-hydrogen) atoms. The van der Waals surface area contributed by atoms with Crippen molar-refractivity contribution in [2.24, 2.45) is 0 Å². The molecule has 4 nitrogen and oxygen atoms in total. The first-order chi connectivity index (χ1) is 9.19. The van der Waals surface area contributed by atoms with Crippen LogP contribution in [0.2, 0.25) is 0 Å². The predicted molar refractivity (Wildman–Crippen MR) is 77.4 cm³/mol. The van der Waals surface area contributed by atoms with E-state index in [2.05, 4.69) is 0 Å². The second-order valence-electron chi connectivity index (χ2n) is 5.59. The van der Waals surface area contributed by atoms with Crippen LogP contribution < -0.4 is 0 Å². The molecule has 1 atom stereocenters. The molecule has 0 radical (unpaired) electrons. The first kappa shape index (κ1) is 16.0. The number of carbonyl (C=O) groups is 2. The summed E-state index contributed by atoms with van der Waals surface area (Å²) in [4.78, 5) is 22.4. The van der Waals surface area contributed by atoms with Gasteiger partial charge in [0.05, 0.1) is 5.92 Å². The van der Waals surface area contributed by atoms with Crippen molar-refractivity contribution >= 4 is 18.0 Å². The molecule has 0 aliphatic heterocycles. The van der Waals surface area contributed by atoms with Gasteiger partial charge in [-0.2, -0.15) is 0 Å². The Hall–Kier alpha value is -2.10. The van der Waals surface area contributed by atoms with E-state index < -0.39 is 23.5 Å². The molecule has 1 aromatic carbocycles. The van der Waals surface area contributed by atoms with E-state index in [0.717, 1.165) is 11.1 Å². The van der Waals surface area contributed by atoms with E-state index >= 15 is 0 Å². The zero-order valence-electron chi connectivity index (χ0n) is 12.2. The molecule has 0 aliphatic carbocycles. The van der Waals surface area contributed by atoms with Gasteiger partial charge < -0.3 is 9.84 Å². The van der Waals surface area contributed by atoms with Crippen LogP contribution in [0.1, 0.15) is 44.7 Å². The van der Waals surface area contributed by atoms with Crippen LogP contribution in [0.5, 0.6) is 0 Å². The van der Waals surface area contributed by atoms with Crippen molar-refractivity contribution in [3.05, 3.63) is 41.5 Å². The molecule has 0 saturated carbocycles. The Labute approximate surface area is 119 Å². The van der Waals surface area contributed by atoms with Gasteiger partial charge in [-0.1, -0.05) is 24.3 Å². The minimum absolute atomic E-state index is 0.402. The summed E-state index contributed by atoms with van der Waals surface area (Å²) in [5, 5.41) is 8.91. The van der Waals surface area contributed by atoms with Gasteiger partial charge in [0.25, 0.3) is 0 Å². The molecule has 0 aliphatic rings. The number of rotatable bonds is 4. The van der Waals surface area contributed by atoms with Gasteiger partial charge in [-0.3, -0.25) is 4.79 Å². The van der Waals surface area contributed by atoms with Crippen LogP contribution >= 0.6 is 0 Å². The van der Waals surface area contributed by atoms with E-state index in [4.69, 9.17) is 9.84 Å². The average molecular weight is 276 g/mol. The second kappa shape index (κ2) is 6.37. The van der Waals surface area contributed by atoms with Crippen molar-refractivity contribution in [3.8, 4) is 0 Å². The van der Waals surface area contributed by atoms with Crippen LogP contribution in [0.3, 0.4) is 0 Å². The lowest BCUT2D eigenvalue weighted by Crippen LogP contribution is -2.22. The van der Waals surface area contributed by atoms with Gasteiger partial charge in [0.15, 0.2) is 0 Å². The van der Waals surface area contributed by atoms with Crippen LogP contribution in [0.4, 0.5) is 0 Å². The standard InChI is InChI=1S/C16H20O4/c1-11(15(18)19)13-8-5-12(6-9-13)7-10-14(17)20-16(2,3)4/h5-11H,1-4H3,(H,18,19)/b10-7+/t11-/m0/s1. The van der Waals surface area contributed by atoms with E-state index in [1.54, 1.807) is 58.0 Å². The molecule has 4 heteroatoms. The van der Waals surface area contributed by atoms with Crippen molar-refractivity contribution < 1.29 is 19.4 Å². The summed E-state index contributed by atoms with van der Waals surface area (Å²) in [5.41, 5.74) is 1.03. The highest BCUT2D eigenvalue weighted by atomic mass is 16.6. The molecule has 0 aromatic heterocycles. The number of carbonyl (C=O) groups excluding carboxylic acids is 1. The molecule has 1 aromatic rings. The van der Waals surface area contributed by atoms with Crippen molar-refractivity contribution in [1.82, 2.24) is 0 Å².